The molecule has 2 N–H and O–H groups in total. The van der Waals surface area contributed by atoms with Gasteiger partial charge in [0.25, 0.3) is 10.1 Å². The Balaban J connectivity index is 4.42. The maximum absolute atomic E-state index is 11.1. The first-order valence-corrected chi connectivity index (χ1v) is 7.01. The van der Waals surface area contributed by atoms with Crippen LogP contribution in [0.4, 0.5) is 0 Å². The Labute approximate surface area is 92.4 Å². The van der Waals surface area contributed by atoms with Gasteiger partial charge in [-0.2, -0.15) is 8.42 Å². The van der Waals surface area contributed by atoms with Crippen LogP contribution in [-0.4, -0.2) is 23.0 Å². The quantitative estimate of drug-likeness (QED) is 0.503. The number of hydrogen-bond donors (Lipinski definition) is 2. The molecule has 0 saturated heterocycles. The smallest absolute Gasteiger partial charge is 0.294 e. The second-order valence-electron chi connectivity index (χ2n) is 3.98. The van der Waals surface area contributed by atoms with Crippen LogP contribution in [0.3, 0.4) is 0 Å². The summed E-state index contributed by atoms with van der Waals surface area (Å²) in [7, 11) is -4.36. The van der Waals surface area contributed by atoms with E-state index >= 15 is 0 Å². The fourth-order valence-electron chi connectivity index (χ4n) is 1.49. The van der Waals surface area contributed by atoms with E-state index in [0.29, 0.717) is 12.8 Å². The molecule has 0 fully saturated rings. The van der Waals surface area contributed by atoms with Gasteiger partial charge in [0.2, 0.25) is 0 Å². The van der Waals surface area contributed by atoms with Gasteiger partial charge in [-0.15, -0.1) is 0 Å². The Morgan fingerprint density at radius 3 is 1.87 bits per heavy atom. The van der Waals surface area contributed by atoms with Crippen molar-refractivity contribution in [1.29, 1.82) is 0 Å². The minimum Gasteiger partial charge on any atom is -0.372 e. The van der Waals surface area contributed by atoms with E-state index in [1.807, 2.05) is 13.8 Å². The van der Waals surface area contributed by atoms with Gasteiger partial charge < -0.3 is 5.11 Å². The monoisotopic (exact) mass is 238 g/mol. The summed E-state index contributed by atoms with van der Waals surface area (Å²) in [6.45, 7) is 3.91. The minimum atomic E-state index is -4.36. The van der Waals surface area contributed by atoms with Crippen molar-refractivity contribution in [2.24, 2.45) is 0 Å². The molecule has 0 aromatic rings. The second-order valence-corrected chi connectivity index (χ2v) is 5.69. The summed E-state index contributed by atoms with van der Waals surface area (Å²) in [5, 5.41) is 9.87. The molecule has 1 atom stereocenters. The Bertz CT molecular complexity index is 261. The number of hydrogen-bond acceptors (Lipinski definition) is 3. The molecule has 0 heterocycles. The molecular weight excluding hydrogens is 216 g/mol. The van der Waals surface area contributed by atoms with Crippen LogP contribution in [0.2, 0.25) is 0 Å². The maximum Gasteiger partial charge on any atom is 0.294 e. The van der Waals surface area contributed by atoms with Gasteiger partial charge in [-0.1, -0.05) is 33.1 Å². The molecule has 0 aromatic heterocycles. The summed E-state index contributed by atoms with van der Waals surface area (Å²) in [4.78, 5) is -1.93. The normalized spacial score (nSPS) is 16.3. The lowest BCUT2D eigenvalue weighted by Gasteiger charge is -2.24. The highest BCUT2D eigenvalue weighted by atomic mass is 32.2. The molecule has 0 saturated carbocycles. The van der Waals surface area contributed by atoms with Gasteiger partial charge >= 0.3 is 0 Å². The van der Waals surface area contributed by atoms with Crippen molar-refractivity contribution in [3.05, 3.63) is 0 Å². The van der Waals surface area contributed by atoms with Crippen LogP contribution >= 0.6 is 0 Å². The van der Waals surface area contributed by atoms with Crippen LogP contribution in [0.25, 0.3) is 0 Å². The average Bonchev–Trinajstić information content (AvgIpc) is 2.13. The summed E-state index contributed by atoms with van der Waals surface area (Å²) in [5.41, 5.74) is 0. The Morgan fingerprint density at radius 2 is 1.47 bits per heavy atom. The summed E-state index contributed by atoms with van der Waals surface area (Å²) < 4.78 is 31.1. The van der Waals surface area contributed by atoms with E-state index in [4.69, 9.17) is 4.55 Å². The number of unbranched alkanes of at least 4 members (excludes halogenated alkanes) is 3. The first-order chi connectivity index (χ1) is 6.87. The minimum absolute atomic E-state index is 0.117. The topological polar surface area (TPSA) is 74.6 Å². The predicted octanol–water partition coefficient (Wildman–Crippen LogP) is 2.33. The van der Waals surface area contributed by atoms with Gasteiger partial charge in [-0.25, -0.2) is 0 Å². The zero-order valence-corrected chi connectivity index (χ0v) is 10.4. The standard InChI is InChI=1S/C10H22O4S/c1-3-5-7-9-10(11,8-6-4-2)15(12,13)14/h11H,3-9H2,1-2H3,(H,12,13,14). The lowest BCUT2D eigenvalue weighted by Crippen LogP contribution is -2.38. The van der Waals surface area contributed by atoms with Gasteiger partial charge in [-0.3, -0.25) is 4.55 Å². The first kappa shape index (κ1) is 14.9. The predicted molar refractivity (Wildman–Crippen MR) is 60.2 cm³/mol. The summed E-state index contributed by atoms with van der Waals surface area (Å²) >= 11 is 0. The third kappa shape index (κ3) is 4.95. The van der Waals surface area contributed by atoms with Crippen molar-refractivity contribution in [2.75, 3.05) is 0 Å². The van der Waals surface area contributed by atoms with Crippen LogP contribution < -0.4 is 0 Å². The van der Waals surface area contributed by atoms with Crippen LogP contribution in [0.1, 0.15) is 58.8 Å². The highest BCUT2D eigenvalue weighted by Gasteiger charge is 2.39. The maximum atomic E-state index is 11.1. The van der Waals surface area contributed by atoms with Gasteiger partial charge in [0.05, 0.1) is 0 Å². The van der Waals surface area contributed by atoms with Gasteiger partial charge in [0.1, 0.15) is 0 Å². The molecule has 0 radical (unpaired) electrons. The van der Waals surface area contributed by atoms with Crippen molar-refractivity contribution in [1.82, 2.24) is 0 Å². The lowest BCUT2D eigenvalue weighted by molar-refractivity contribution is 0.0892. The Morgan fingerprint density at radius 1 is 1.00 bits per heavy atom. The SMILES string of the molecule is CCCCCC(O)(CCCC)S(=O)(=O)O. The third-order valence-electron chi connectivity index (χ3n) is 2.57. The largest absolute Gasteiger partial charge is 0.372 e. The van der Waals surface area contributed by atoms with Crippen molar-refractivity contribution < 1.29 is 18.1 Å². The van der Waals surface area contributed by atoms with E-state index in [1.165, 1.54) is 0 Å². The molecule has 0 amide bonds. The van der Waals surface area contributed by atoms with Crippen LogP contribution in [-0.2, 0) is 10.1 Å². The first-order valence-electron chi connectivity index (χ1n) is 5.56. The zero-order valence-electron chi connectivity index (χ0n) is 9.57. The van der Waals surface area contributed by atoms with Crippen molar-refractivity contribution in [3.63, 3.8) is 0 Å². The van der Waals surface area contributed by atoms with Crippen LogP contribution in [0.5, 0.6) is 0 Å². The summed E-state index contributed by atoms with van der Waals surface area (Å²) in [5.74, 6) is 0. The Hall–Kier alpha value is -0.130. The average molecular weight is 238 g/mol. The van der Waals surface area contributed by atoms with Gasteiger partial charge in [-0.05, 0) is 25.7 Å². The number of rotatable bonds is 8. The molecule has 5 heteroatoms. The molecular formula is C10H22O4S. The van der Waals surface area contributed by atoms with Crippen LogP contribution in [0, 0.1) is 0 Å². The molecule has 0 bridgehead atoms. The van der Waals surface area contributed by atoms with Crippen molar-refractivity contribution >= 4 is 10.1 Å². The summed E-state index contributed by atoms with van der Waals surface area (Å²) in [6, 6.07) is 0. The highest BCUT2D eigenvalue weighted by molar-refractivity contribution is 7.87. The highest BCUT2D eigenvalue weighted by Crippen LogP contribution is 2.26. The fourth-order valence-corrected chi connectivity index (χ4v) is 2.29. The van der Waals surface area contributed by atoms with E-state index < -0.39 is 15.1 Å². The van der Waals surface area contributed by atoms with Crippen molar-refractivity contribution in [2.45, 2.75) is 63.7 Å². The molecule has 15 heavy (non-hydrogen) atoms. The molecule has 0 spiro atoms. The molecule has 4 nitrogen and oxygen atoms in total. The molecule has 92 valence electrons. The van der Waals surface area contributed by atoms with E-state index in [9.17, 15) is 13.5 Å². The zero-order chi connectivity index (χ0) is 11.9. The molecule has 0 aromatic carbocycles. The lowest BCUT2D eigenvalue weighted by atomic mass is 10.0. The van der Waals surface area contributed by atoms with Gasteiger partial charge in [0, 0.05) is 0 Å². The van der Waals surface area contributed by atoms with E-state index in [1.54, 1.807) is 0 Å². The number of aliphatic hydroxyl groups is 1. The molecule has 0 aliphatic carbocycles. The Kier molecular flexibility index (Phi) is 6.40. The fraction of sp³-hybridized carbons (Fsp3) is 1.00. The van der Waals surface area contributed by atoms with Gasteiger partial charge in [0.15, 0.2) is 4.93 Å². The van der Waals surface area contributed by atoms with Crippen LogP contribution in [0.15, 0.2) is 0 Å². The third-order valence-corrected chi connectivity index (χ3v) is 3.94. The molecule has 0 aliphatic heterocycles. The summed E-state index contributed by atoms with van der Waals surface area (Å²) in [6.07, 6.45) is 4.08. The van der Waals surface area contributed by atoms with E-state index in [0.717, 1.165) is 19.3 Å². The van der Waals surface area contributed by atoms with E-state index in [2.05, 4.69) is 0 Å². The molecule has 1 unspecified atom stereocenters. The van der Waals surface area contributed by atoms with Crippen molar-refractivity contribution in [3.8, 4) is 0 Å². The molecule has 0 aliphatic rings. The van der Waals surface area contributed by atoms with E-state index in [-0.39, 0.29) is 12.8 Å². The molecule has 0 rings (SSSR count). The second kappa shape index (κ2) is 6.45.